The lowest BCUT2D eigenvalue weighted by molar-refractivity contribution is 0.286. The van der Waals surface area contributed by atoms with Gasteiger partial charge in [-0.05, 0) is 19.1 Å². The van der Waals surface area contributed by atoms with Gasteiger partial charge in [-0.15, -0.1) is 0 Å². The Hall–Kier alpha value is -1.78. The first kappa shape index (κ1) is 13.3. The second kappa shape index (κ2) is 6.73. The summed E-state index contributed by atoms with van der Waals surface area (Å²) in [4.78, 5) is 0. The number of halogens is 1. The zero-order valence-electron chi connectivity index (χ0n) is 9.94. The van der Waals surface area contributed by atoms with Crippen LogP contribution in [0.4, 0.5) is 4.39 Å². The zero-order chi connectivity index (χ0) is 12.7. The van der Waals surface area contributed by atoms with E-state index in [0.29, 0.717) is 29.2 Å². The molecule has 94 valence electrons. The minimum absolute atomic E-state index is 0.273. The van der Waals surface area contributed by atoms with Gasteiger partial charge in [0.1, 0.15) is 11.5 Å². The van der Waals surface area contributed by atoms with E-state index in [9.17, 15) is 4.39 Å². The third kappa shape index (κ3) is 3.62. The maximum Gasteiger partial charge on any atom is 0.132 e. The van der Waals surface area contributed by atoms with Crippen molar-refractivity contribution in [2.45, 2.75) is 13.3 Å². The summed E-state index contributed by atoms with van der Waals surface area (Å²) in [5, 5.41) is 11.9. The molecule has 0 aliphatic carbocycles. The van der Waals surface area contributed by atoms with Gasteiger partial charge in [0.25, 0.3) is 0 Å². The quantitative estimate of drug-likeness (QED) is 0.360. The van der Waals surface area contributed by atoms with Crippen LogP contribution in [-0.4, -0.2) is 31.3 Å². The summed E-state index contributed by atoms with van der Waals surface area (Å²) in [6.45, 7) is 1.51. The summed E-state index contributed by atoms with van der Waals surface area (Å²) in [6, 6.07) is 5.16. The monoisotopic (exact) mass is 241 g/mol. The van der Waals surface area contributed by atoms with Crippen molar-refractivity contribution < 1.29 is 19.1 Å². The lowest BCUT2D eigenvalue weighted by Crippen LogP contribution is -2.04. The molecule has 0 saturated heterocycles. The number of methoxy groups -OCH3 is 1. The van der Waals surface area contributed by atoms with Gasteiger partial charge in [-0.1, -0.05) is 5.16 Å². The van der Waals surface area contributed by atoms with Crippen molar-refractivity contribution in [2.24, 2.45) is 5.16 Å². The molecule has 0 spiro atoms. The van der Waals surface area contributed by atoms with Crippen LogP contribution in [0.2, 0.25) is 0 Å². The Morgan fingerprint density at radius 1 is 1.47 bits per heavy atom. The Balaban J connectivity index is 2.95. The van der Waals surface area contributed by atoms with E-state index in [1.54, 1.807) is 32.2 Å². The number of alkyl halides is 1. The van der Waals surface area contributed by atoms with Crippen molar-refractivity contribution in [1.29, 1.82) is 0 Å². The average Bonchev–Trinajstić information content (AvgIpc) is 2.38. The van der Waals surface area contributed by atoms with E-state index in [1.165, 1.54) is 0 Å². The summed E-state index contributed by atoms with van der Waals surface area (Å²) in [6.07, 6.45) is 0.325. The van der Waals surface area contributed by atoms with Gasteiger partial charge >= 0.3 is 0 Å². The van der Waals surface area contributed by atoms with Gasteiger partial charge in [0.05, 0.1) is 26.1 Å². The first-order chi connectivity index (χ1) is 8.22. The third-order valence-corrected chi connectivity index (χ3v) is 2.26. The molecule has 0 heterocycles. The van der Waals surface area contributed by atoms with E-state index in [0.717, 1.165) is 0 Å². The molecule has 5 heteroatoms. The van der Waals surface area contributed by atoms with Crippen molar-refractivity contribution in [2.75, 3.05) is 20.4 Å². The van der Waals surface area contributed by atoms with Crippen molar-refractivity contribution in [3.05, 3.63) is 23.8 Å². The molecule has 0 unspecified atom stereocenters. The lowest BCUT2D eigenvalue weighted by Gasteiger charge is -2.11. The number of rotatable bonds is 6. The van der Waals surface area contributed by atoms with E-state index in [-0.39, 0.29) is 6.61 Å². The summed E-state index contributed by atoms with van der Waals surface area (Å²) in [7, 11) is 1.55. The molecule has 1 N–H and O–H groups in total. The fourth-order valence-electron chi connectivity index (χ4n) is 1.34. The van der Waals surface area contributed by atoms with Crippen LogP contribution in [0.1, 0.15) is 18.9 Å². The van der Waals surface area contributed by atoms with Crippen LogP contribution in [0, 0.1) is 0 Å². The van der Waals surface area contributed by atoms with Crippen molar-refractivity contribution in [3.8, 4) is 11.5 Å². The Labute approximate surface area is 99.7 Å². The van der Waals surface area contributed by atoms with Gasteiger partial charge in [-0.3, -0.25) is 4.39 Å². The molecule has 0 radical (unpaired) electrons. The summed E-state index contributed by atoms with van der Waals surface area (Å²) >= 11 is 0. The number of ether oxygens (including phenoxy) is 2. The number of nitrogens with zero attached hydrogens (tertiary/aromatic N) is 1. The summed E-state index contributed by atoms with van der Waals surface area (Å²) in [5.74, 6) is 1.16. The first-order valence-corrected chi connectivity index (χ1v) is 5.28. The zero-order valence-corrected chi connectivity index (χ0v) is 9.94. The number of hydrogen-bond acceptors (Lipinski definition) is 4. The molecule has 4 nitrogen and oxygen atoms in total. The van der Waals surface area contributed by atoms with Gasteiger partial charge in [0.2, 0.25) is 0 Å². The molecule has 0 aliphatic rings. The predicted molar refractivity (Wildman–Crippen MR) is 63.1 cm³/mol. The van der Waals surface area contributed by atoms with Crippen LogP contribution >= 0.6 is 0 Å². The Kier molecular flexibility index (Phi) is 5.26. The van der Waals surface area contributed by atoms with E-state index in [1.807, 2.05) is 0 Å². The molecule has 0 atom stereocenters. The molecule has 0 saturated carbocycles. The number of benzene rings is 1. The molecule has 0 fully saturated rings. The van der Waals surface area contributed by atoms with E-state index in [2.05, 4.69) is 5.16 Å². The molecule has 0 aliphatic heterocycles. The first-order valence-electron chi connectivity index (χ1n) is 5.28. The summed E-state index contributed by atoms with van der Waals surface area (Å²) < 4.78 is 22.5. The Bertz CT molecular complexity index is 393. The van der Waals surface area contributed by atoms with Gasteiger partial charge in [0, 0.05) is 18.1 Å². The van der Waals surface area contributed by atoms with Crippen LogP contribution in [0.3, 0.4) is 0 Å². The number of hydrogen-bond donors (Lipinski definition) is 1. The minimum Gasteiger partial charge on any atom is -0.497 e. The van der Waals surface area contributed by atoms with E-state index >= 15 is 0 Å². The molecule has 1 aromatic rings. The third-order valence-electron chi connectivity index (χ3n) is 2.26. The molecule has 1 aromatic carbocycles. The molecule has 0 bridgehead atoms. The molecule has 17 heavy (non-hydrogen) atoms. The lowest BCUT2D eigenvalue weighted by atomic mass is 10.1. The fourth-order valence-corrected chi connectivity index (χ4v) is 1.34. The predicted octanol–water partition coefficient (Wildman–Crippen LogP) is 2.63. The maximum atomic E-state index is 12.0. The highest BCUT2D eigenvalue weighted by Gasteiger charge is 2.09. The standard InChI is InChI=1S/C12H16FNO3/c1-9(14-15)11-5-4-10(16-2)8-12(11)17-7-3-6-13/h4-5,8,15H,3,6-7H2,1-2H3/b14-9+. The molecule has 1 rings (SSSR count). The Morgan fingerprint density at radius 3 is 2.82 bits per heavy atom. The second-order valence-electron chi connectivity index (χ2n) is 3.44. The van der Waals surface area contributed by atoms with Gasteiger partial charge in [0.15, 0.2) is 0 Å². The summed E-state index contributed by atoms with van der Waals surface area (Å²) in [5.41, 5.74) is 1.09. The normalized spacial score (nSPS) is 11.4. The van der Waals surface area contributed by atoms with Crippen molar-refractivity contribution in [3.63, 3.8) is 0 Å². The van der Waals surface area contributed by atoms with Crippen molar-refractivity contribution >= 4 is 5.71 Å². The topological polar surface area (TPSA) is 51.0 Å². The van der Waals surface area contributed by atoms with Gasteiger partial charge < -0.3 is 14.7 Å². The maximum absolute atomic E-state index is 12.0. The largest absolute Gasteiger partial charge is 0.497 e. The highest BCUT2D eigenvalue weighted by molar-refractivity contribution is 6.00. The van der Waals surface area contributed by atoms with Gasteiger partial charge in [-0.2, -0.15) is 0 Å². The van der Waals surface area contributed by atoms with Crippen LogP contribution in [0.15, 0.2) is 23.4 Å². The fraction of sp³-hybridized carbons (Fsp3) is 0.417. The second-order valence-corrected chi connectivity index (χ2v) is 3.44. The van der Waals surface area contributed by atoms with Gasteiger partial charge in [-0.25, -0.2) is 0 Å². The smallest absolute Gasteiger partial charge is 0.132 e. The highest BCUT2D eigenvalue weighted by atomic mass is 19.1. The van der Waals surface area contributed by atoms with E-state index in [4.69, 9.17) is 14.7 Å². The molecule has 0 aromatic heterocycles. The molecular weight excluding hydrogens is 225 g/mol. The minimum atomic E-state index is -0.424. The average molecular weight is 241 g/mol. The van der Waals surface area contributed by atoms with Crippen LogP contribution in [0.25, 0.3) is 0 Å². The Morgan fingerprint density at radius 2 is 2.24 bits per heavy atom. The van der Waals surface area contributed by atoms with Crippen LogP contribution in [-0.2, 0) is 0 Å². The molecular formula is C12H16FNO3. The number of oxime groups is 1. The van der Waals surface area contributed by atoms with Crippen molar-refractivity contribution in [1.82, 2.24) is 0 Å². The van der Waals surface area contributed by atoms with E-state index < -0.39 is 6.67 Å². The van der Waals surface area contributed by atoms with Crippen LogP contribution < -0.4 is 9.47 Å². The molecule has 0 amide bonds. The SMILES string of the molecule is COc1ccc(/C(C)=N/O)c(OCCCF)c1. The highest BCUT2D eigenvalue weighted by Crippen LogP contribution is 2.25. The van der Waals surface area contributed by atoms with Crippen LogP contribution in [0.5, 0.6) is 11.5 Å².